The molecular weight excluding hydrogens is 344 g/mol. The number of fused-ring (bicyclic) bond motifs is 1. The van der Waals surface area contributed by atoms with Crippen molar-refractivity contribution >= 4 is 16.9 Å². The Morgan fingerprint density at radius 2 is 2.26 bits per heavy atom. The summed E-state index contributed by atoms with van der Waals surface area (Å²) >= 11 is 0. The number of aromatic nitrogens is 3. The van der Waals surface area contributed by atoms with Crippen molar-refractivity contribution in [3.8, 4) is 5.88 Å². The van der Waals surface area contributed by atoms with Crippen molar-refractivity contribution in [2.75, 3.05) is 13.2 Å². The van der Waals surface area contributed by atoms with E-state index in [4.69, 9.17) is 9.47 Å². The van der Waals surface area contributed by atoms with Gasteiger partial charge in [-0.15, -0.1) is 0 Å². The van der Waals surface area contributed by atoms with Crippen LogP contribution in [-0.4, -0.2) is 57.2 Å². The molecule has 0 spiro atoms. The number of aromatic amines is 1. The topological polar surface area (TPSA) is 80.3 Å². The fraction of sp³-hybridized carbons (Fsp3) is 0.550. The van der Waals surface area contributed by atoms with Crippen molar-refractivity contribution in [1.29, 1.82) is 0 Å². The molecule has 2 fully saturated rings. The van der Waals surface area contributed by atoms with E-state index in [0.29, 0.717) is 18.3 Å². The standard InChI is InChI=1S/C20H26N4O3/c1-4-17(25)24-7-5-16(13(24)3)27-20-18-15(10-21-19(18)22-11-23-20)14-6-8-26-12(2)9-14/h4,10-14,16H,1,5-9H2,2-3H3,(H,21,22,23)/t12?,13-,14?,16-/m1/s1. The Labute approximate surface area is 158 Å². The summed E-state index contributed by atoms with van der Waals surface area (Å²) in [6, 6.07) is -0.0222. The smallest absolute Gasteiger partial charge is 0.246 e. The first kappa shape index (κ1) is 18.0. The van der Waals surface area contributed by atoms with Crippen molar-refractivity contribution in [2.24, 2.45) is 0 Å². The second-order valence-electron chi connectivity index (χ2n) is 7.47. The van der Waals surface area contributed by atoms with Gasteiger partial charge < -0.3 is 19.4 Å². The third-order valence-electron chi connectivity index (χ3n) is 5.80. The molecule has 7 heteroatoms. The van der Waals surface area contributed by atoms with Crippen molar-refractivity contribution in [2.45, 2.75) is 57.3 Å². The molecule has 0 saturated carbocycles. The van der Waals surface area contributed by atoms with Crippen LogP contribution in [0.5, 0.6) is 5.88 Å². The second kappa shape index (κ2) is 7.31. The van der Waals surface area contributed by atoms with Gasteiger partial charge >= 0.3 is 0 Å². The Morgan fingerprint density at radius 3 is 3.04 bits per heavy atom. The van der Waals surface area contributed by atoms with Gasteiger partial charge in [0.1, 0.15) is 18.1 Å². The lowest BCUT2D eigenvalue weighted by molar-refractivity contribution is -0.127. The van der Waals surface area contributed by atoms with Crippen molar-refractivity contribution in [1.82, 2.24) is 19.9 Å². The van der Waals surface area contributed by atoms with E-state index < -0.39 is 0 Å². The molecule has 4 atom stereocenters. The zero-order chi connectivity index (χ0) is 19.0. The Balaban J connectivity index is 1.62. The Morgan fingerprint density at radius 1 is 1.41 bits per heavy atom. The average molecular weight is 370 g/mol. The lowest BCUT2D eigenvalue weighted by Gasteiger charge is -2.27. The van der Waals surface area contributed by atoms with E-state index in [0.717, 1.165) is 36.9 Å². The highest BCUT2D eigenvalue weighted by molar-refractivity contribution is 5.87. The van der Waals surface area contributed by atoms with Crippen LogP contribution in [0.1, 0.15) is 44.6 Å². The van der Waals surface area contributed by atoms with Crippen LogP contribution < -0.4 is 4.74 Å². The Hall–Kier alpha value is -2.41. The zero-order valence-electron chi connectivity index (χ0n) is 15.9. The highest BCUT2D eigenvalue weighted by atomic mass is 16.5. The van der Waals surface area contributed by atoms with E-state index in [-0.39, 0.29) is 24.2 Å². The van der Waals surface area contributed by atoms with Gasteiger partial charge in [-0.2, -0.15) is 0 Å². The predicted octanol–water partition coefficient (Wildman–Crippen LogP) is 2.79. The minimum atomic E-state index is -0.0941. The molecule has 2 aliphatic rings. The molecule has 4 heterocycles. The minimum Gasteiger partial charge on any atom is -0.472 e. The van der Waals surface area contributed by atoms with E-state index in [2.05, 4.69) is 28.5 Å². The number of rotatable bonds is 4. The fourth-order valence-electron chi connectivity index (χ4n) is 4.29. The third kappa shape index (κ3) is 3.32. The molecule has 0 radical (unpaired) electrons. The number of carbonyl (C=O) groups is 1. The zero-order valence-corrected chi connectivity index (χ0v) is 15.9. The van der Waals surface area contributed by atoms with Gasteiger partial charge in [-0.3, -0.25) is 4.79 Å². The van der Waals surface area contributed by atoms with Gasteiger partial charge in [0.15, 0.2) is 0 Å². The molecule has 2 aromatic rings. The largest absolute Gasteiger partial charge is 0.472 e. The number of carbonyl (C=O) groups excluding carboxylic acids is 1. The van der Waals surface area contributed by atoms with Crippen LogP contribution in [0.3, 0.4) is 0 Å². The molecule has 1 amide bonds. The molecule has 27 heavy (non-hydrogen) atoms. The molecular formula is C20H26N4O3. The van der Waals surface area contributed by atoms with Gasteiger partial charge in [0.25, 0.3) is 0 Å². The molecule has 2 saturated heterocycles. The fourth-order valence-corrected chi connectivity index (χ4v) is 4.29. The van der Waals surface area contributed by atoms with E-state index in [1.54, 1.807) is 4.90 Å². The average Bonchev–Trinajstić information content (AvgIpc) is 3.26. The minimum absolute atomic E-state index is 0.0222. The van der Waals surface area contributed by atoms with E-state index >= 15 is 0 Å². The number of amides is 1. The van der Waals surface area contributed by atoms with Gasteiger partial charge in [-0.1, -0.05) is 6.58 Å². The summed E-state index contributed by atoms with van der Waals surface area (Å²) in [5.41, 5.74) is 1.99. The SMILES string of the molecule is C=CC(=O)N1CC[C@@H](Oc2ncnc3[nH]cc(C4CCOC(C)C4)c23)[C@H]1C. The summed E-state index contributed by atoms with van der Waals surface area (Å²) in [5, 5.41) is 0.956. The number of hydrogen-bond acceptors (Lipinski definition) is 5. The molecule has 0 bridgehead atoms. The van der Waals surface area contributed by atoms with Crippen LogP contribution in [0.4, 0.5) is 0 Å². The molecule has 0 aliphatic carbocycles. The monoisotopic (exact) mass is 370 g/mol. The van der Waals surface area contributed by atoms with Crippen LogP contribution in [0, 0.1) is 0 Å². The number of likely N-dealkylation sites (tertiary alicyclic amines) is 1. The van der Waals surface area contributed by atoms with Crippen LogP contribution in [0.25, 0.3) is 11.0 Å². The first-order valence-corrected chi connectivity index (χ1v) is 9.61. The van der Waals surface area contributed by atoms with Crippen LogP contribution in [0.2, 0.25) is 0 Å². The lowest BCUT2D eigenvalue weighted by atomic mass is 9.89. The summed E-state index contributed by atoms with van der Waals surface area (Å²) in [5.74, 6) is 0.941. The molecule has 1 N–H and O–H groups in total. The van der Waals surface area contributed by atoms with Gasteiger partial charge in [0.2, 0.25) is 11.8 Å². The molecule has 0 aromatic carbocycles. The third-order valence-corrected chi connectivity index (χ3v) is 5.80. The number of ether oxygens (including phenoxy) is 2. The normalized spacial score (nSPS) is 28.4. The Bertz CT molecular complexity index is 849. The first-order valence-electron chi connectivity index (χ1n) is 9.61. The maximum atomic E-state index is 12.0. The van der Waals surface area contributed by atoms with Gasteiger partial charge in [-0.05, 0) is 44.2 Å². The molecule has 144 valence electrons. The maximum Gasteiger partial charge on any atom is 0.246 e. The van der Waals surface area contributed by atoms with E-state index in [9.17, 15) is 4.79 Å². The van der Waals surface area contributed by atoms with Gasteiger partial charge in [0, 0.05) is 25.8 Å². The van der Waals surface area contributed by atoms with Crippen LogP contribution >= 0.6 is 0 Å². The summed E-state index contributed by atoms with van der Waals surface area (Å²) in [7, 11) is 0. The van der Waals surface area contributed by atoms with E-state index in [1.165, 1.54) is 18.0 Å². The second-order valence-corrected chi connectivity index (χ2v) is 7.47. The number of nitrogens with zero attached hydrogens (tertiary/aromatic N) is 3. The van der Waals surface area contributed by atoms with Crippen molar-refractivity contribution < 1.29 is 14.3 Å². The van der Waals surface area contributed by atoms with Crippen molar-refractivity contribution in [3.05, 3.63) is 30.7 Å². The molecule has 2 aliphatic heterocycles. The summed E-state index contributed by atoms with van der Waals surface area (Å²) in [4.78, 5) is 25.9. The number of nitrogens with one attached hydrogen (secondary N) is 1. The van der Waals surface area contributed by atoms with Gasteiger partial charge in [-0.25, -0.2) is 9.97 Å². The first-order chi connectivity index (χ1) is 13.1. The summed E-state index contributed by atoms with van der Waals surface area (Å²) in [6.07, 6.45) is 7.80. The summed E-state index contributed by atoms with van der Waals surface area (Å²) in [6.45, 7) is 9.14. The highest BCUT2D eigenvalue weighted by Crippen LogP contribution is 2.38. The summed E-state index contributed by atoms with van der Waals surface area (Å²) < 4.78 is 12.0. The molecule has 4 rings (SSSR count). The van der Waals surface area contributed by atoms with Crippen LogP contribution in [0.15, 0.2) is 25.2 Å². The number of hydrogen-bond donors (Lipinski definition) is 1. The maximum absolute atomic E-state index is 12.0. The predicted molar refractivity (Wildman–Crippen MR) is 102 cm³/mol. The Kier molecular flexibility index (Phi) is 4.86. The van der Waals surface area contributed by atoms with Gasteiger partial charge in [0.05, 0.1) is 17.5 Å². The highest BCUT2D eigenvalue weighted by Gasteiger charge is 2.35. The molecule has 2 aromatic heterocycles. The number of H-pyrrole nitrogens is 1. The molecule has 7 nitrogen and oxygen atoms in total. The quantitative estimate of drug-likeness (QED) is 0.837. The molecule has 2 unspecified atom stereocenters. The van der Waals surface area contributed by atoms with Crippen LogP contribution in [-0.2, 0) is 9.53 Å². The van der Waals surface area contributed by atoms with E-state index in [1.807, 2.05) is 13.1 Å². The van der Waals surface area contributed by atoms with Crippen molar-refractivity contribution in [3.63, 3.8) is 0 Å². The lowest BCUT2D eigenvalue weighted by Crippen LogP contribution is -2.38.